The predicted molar refractivity (Wildman–Crippen MR) is 72.8 cm³/mol. The van der Waals surface area contributed by atoms with Crippen LogP contribution in [0.2, 0.25) is 5.02 Å². The highest BCUT2D eigenvalue weighted by Gasteiger charge is 2.38. The standard InChI is InChI=1S/C12H12ClF3N2O3S/c1-7-11(19)17-4-5-18(7)22(20,21)10-6-8(12(14,15)16)2-3-9(10)13/h2-3,6-7H,4-5H2,1H3,(H,17,19). The minimum Gasteiger partial charge on any atom is -0.353 e. The fourth-order valence-electron chi connectivity index (χ4n) is 2.09. The number of rotatable bonds is 2. The van der Waals surface area contributed by atoms with Crippen molar-refractivity contribution in [3.05, 3.63) is 28.8 Å². The number of benzene rings is 1. The molecule has 1 atom stereocenters. The van der Waals surface area contributed by atoms with Gasteiger partial charge in [0.25, 0.3) is 0 Å². The van der Waals surface area contributed by atoms with Crippen LogP contribution in [0, 0.1) is 0 Å². The number of carbonyl (C=O) groups excluding carboxylic acids is 1. The first-order valence-corrected chi connectivity index (χ1v) is 8.03. The van der Waals surface area contributed by atoms with Crippen molar-refractivity contribution in [2.24, 2.45) is 0 Å². The van der Waals surface area contributed by atoms with Crippen LogP contribution in [0.3, 0.4) is 0 Å². The first-order valence-electron chi connectivity index (χ1n) is 6.21. The van der Waals surface area contributed by atoms with E-state index >= 15 is 0 Å². The summed E-state index contributed by atoms with van der Waals surface area (Å²) in [6.45, 7) is 1.40. The van der Waals surface area contributed by atoms with Gasteiger partial charge in [0.15, 0.2) is 0 Å². The lowest BCUT2D eigenvalue weighted by Crippen LogP contribution is -2.55. The van der Waals surface area contributed by atoms with Crippen LogP contribution in [0.4, 0.5) is 13.2 Å². The molecule has 122 valence electrons. The van der Waals surface area contributed by atoms with Gasteiger partial charge in [0.1, 0.15) is 10.9 Å². The minimum absolute atomic E-state index is 0.0399. The van der Waals surface area contributed by atoms with E-state index in [-0.39, 0.29) is 18.1 Å². The molecule has 22 heavy (non-hydrogen) atoms. The summed E-state index contributed by atoms with van der Waals surface area (Å²) in [6.07, 6.45) is -4.69. The quantitative estimate of drug-likeness (QED) is 0.879. The smallest absolute Gasteiger partial charge is 0.353 e. The summed E-state index contributed by atoms with van der Waals surface area (Å²) < 4.78 is 64.2. The number of piperazine rings is 1. The molecule has 1 saturated heterocycles. The van der Waals surface area contributed by atoms with Gasteiger partial charge in [0.2, 0.25) is 15.9 Å². The fraction of sp³-hybridized carbons (Fsp3) is 0.417. The molecule has 1 amide bonds. The average molecular weight is 357 g/mol. The van der Waals surface area contributed by atoms with Gasteiger partial charge in [-0.15, -0.1) is 0 Å². The summed E-state index contributed by atoms with van der Waals surface area (Å²) in [5, 5.41) is 2.15. The molecule has 2 rings (SSSR count). The van der Waals surface area contributed by atoms with Crippen LogP contribution in [0.5, 0.6) is 0 Å². The van der Waals surface area contributed by atoms with Gasteiger partial charge in [-0.3, -0.25) is 4.79 Å². The van der Waals surface area contributed by atoms with Crippen molar-refractivity contribution in [1.29, 1.82) is 0 Å². The molecule has 0 spiro atoms. The Kier molecular flexibility index (Phi) is 4.42. The molecule has 1 aromatic carbocycles. The van der Waals surface area contributed by atoms with Gasteiger partial charge in [-0.1, -0.05) is 11.6 Å². The summed E-state index contributed by atoms with van der Waals surface area (Å²) in [5.41, 5.74) is -1.12. The molecule has 0 saturated carbocycles. The van der Waals surface area contributed by atoms with E-state index in [1.807, 2.05) is 0 Å². The molecule has 0 aromatic heterocycles. The molecule has 1 heterocycles. The first kappa shape index (κ1) is 17.0. The van der Waals surface area contributed by atoms with Gasteiger partial charge in [-0.05, 0) is 25.1 Å². The lowest BCUT2D eigenvalue weighted by Gasteiger charge is -2.32. The normalized spacial score (nSPS) is 20.8. The minimum atomic E-state index is -4.69. The second-order valence-corrected chi connectivity index (χ2v) is 6.99. The third-order valence-electron chi connectivity index (χ3n) is 3.29. The van der Waals surface area contributed by atoms with Gasteiger partial charge < -0.3 is 5.32 Å². The zero-order valence-corrected chi connectivity index (χ0v) is 12.9. The number of hydrogen-bond acceptors (Lipinski definition) is 3. The largest absolute Gasteiger partial charge is 0.416 e. The Morgan fingerprint density at radius 2 is 2.00 bits per heavy atom. The fourth-order valence-corrected chi connectivity index (χ4v) is 4.19. The number of halogens is 4. The average Bonchev–Trinajstić information content (AvgIpc) is 2.40. The van der Waals surface area contributed by atoms with E-state index in [0.717, 1.165) is 10.4 Å². The van der Waals surface area contributed by atoms with Crippen LogP contribution >= 0.6 is 11.6 Å². The number of nitrogens with one attached hydrogen (secondary N) is 1. The summed E-state index contributed by atoms with van der Waals surface area (Å²) in [6, 6.07) is 1.04. The summed E-state index contributed by atoms with van der Waals surface area (Å²) >= 11 is 5.76. The molecule has 0 bridgehead atoms. The Balaban J connectivity index is 2.52. The van der Waals surface area contributed by atoms with Gasteiger partial charge in [0, 0.05) is 13.1 Å². The molecule has 1 aromatic rings. The van der Waals surface area contributed by atoms with Gasteiger partial charge in [-0.25, -0.2) is 8.42 Å². The molecule has 10 heteroatoms. The number of hydrogen-bond donors (Lipinski definition) is 1. The van der Waals surface area contributed by atoms with E-state index in [9.17, 15) is 26.4 Å². The Bertz CT molecular complexity index is 706. The van der Waals surface area contributed by atoms with Crippen molar-refractivity contribution in [3.8, 4) is 0 Å². The second-order valence-electron chi connectivity index (χ2n) is 4.73. The molecule has 0 aliphatic carbocycles. The Labute approximate surface area is 130 Å². The number of sulfonamides is 1. The SMILES string of the molecule is CC1C(=O)NCCN1S(=O)(=O)c1cc(C(F)(F)F)ccc1Cl. The van der Waals surface area contributed by atoms with Crippen LogP contribution in [0.25, 0.3) is 0 Å². The summed E-state index contributed by atoms with van der Waals surface area (Å²) in [5.74, 6) is -0.516. The van der Waals surface area contributed by atoms with Crippen LogP contribution in [0.1, 0.15) is 12.5 Å². The number of nitrogens with zero attached hydrogens (tertiary/aromatic N) is 1. The number of carbonyl (C=O) groups is 1. The van der Waals surface area contributed by atoms with Gasteiger partial charge in [-0.2, -0.15) is 17.5 Å². The Hall–Kier alpha value is -1.32. The zero-order valence-electron chi connectivity index (χ0n) is 11.3. The lowest BCUT2D eigenvalue weighted by molar-refractivity contribution is -0.137. The lowest BCUT2D eigenvalue weighted by atomic mass is 10.2. The molecule has 1 N–H and O–H groups in total. The summed E-state index contributed by atoms with van der Waals surface area (Å²) in [4.78, 5) is 10.9. The zero-order chi connectivity index (χ0) is 16.7. The van der Waals surface area contributed by atoms with E-state index < -0.39 is 38.6 Å². The van der Waals surface area contributed by atoms with Crippen LogP contribution in [-0.2, 0) is 21.0 Å². The molecule has 5 nitrogen and oxygen atoms in total. The van der Waals surface area contributed by atoms with Crippen molar-refractivity contribution < 1.29 is 26.4 Å². The van der Waals surface area contributed by atoms with E-state index in [0.29, 0.717) is 12.1 Å². The van der Waals surface area contributed by atoms with E-state index in [1.54, 1.807) is 0 Å². The molecule has 1 fully saturated rings. The Morgan fingerprint density at radius 3 is 2.59 bits per heavy atom. The maximum absolute atomic E-state index is 12.8. The third kappa shape index (κ3) is 3.06. The monoisotopic (exact) mass is 356 g/mol. The van der Waals surface area contributed by atoms with Crippen molar-refractivity contribution in [3.63, 3.8) is 0 Å². The maximum atomic E-state index is 12.8. The van der Waals surface area contributed by atoms with Crippen molar-refractivity contribution >= 4 is 27.5 Å². The van der Waals surface area contributed by atoms with E-state index in [1.165, 1.54) is 6.92 Å². The van der Waals surface area contributed by atoms with Crippen LogP contribution < -0.4 is 5.32 Å². The van der Waals surface area contributed by atoms with Crippen LogP contribution in [-0.4, -0.2) is 37.8 Å². The van der Waals surface area contributed by atoms with Gasteiger partial charge in [0.05, 0.1) is 10.6 Å². The van der Waals surface area contributed by atoms with Crippen molar-refractivity contribution in [2.45, 2.75) is 24.0 Å². The third-order valence-corrected chi connectivity index (χ3v) is 5.74. The highest BCUT2D eigenvalue weighted by Crippen LogP contribution is 2.34. The highest BCUT2D eigenvalue weighted by molar-refractivity contribution is 7.89. The number of alkyl halides is 3. The topological polar surface area (TPSA) is 66.5 Å². The maximum Gasteiger partial charge on any atom is 0.416 e. The molecule has 1 aliphatic rings. The molecular formula is C12H12ClF3N2O3S. The van der Waals surface area contributed by atoms with Gasteiger partial charge >= 0.3 is 6.18 Å². The molecular weight excluding hydrogens is 345 g/mol. The summed E-state index contributed by atoms with van der Waals surface area (Å²) in [7, 11) is -4.32. The second kappa shape index (κ2) is 5.71. The van der Waals surface area contributed by atoms with E-state index in [4.69, 9.17) is 11.6 Å². The highest BCUT2D eigenvalue weighted by atomic mass is 35.5. The molecule has 1 aliphatic heterocycles. The predicted octanol–water partition coefficient (Wildman–Crippen LogP) is 1.87. The Morgan fingerprint density at radius 1 is 1.36 bits per heavy atom. The van der Waals surface area contributed by atoms with Crippen molar-refractivity contribution in [2.75, 3.05) is 13.1 Å². The van der Waals surface area contributed by atoms with Crippen LogP contribution in [0.15, 0.2) is 23.1 Å². The number of amides is 1. The molecule has 1 unspecified atom stereocenters. The van der Waals surface area contributed by atoms with E-state index in [2.05, 4.69) is 5.32 Å². The first-order chi connectivity index (χ1) is 10.0. The van der Waals surface area contributed by atoms with Crippen molar-refractivity contribution in [1.82, 2.24) is 9.62 Å². The molecule has 0 radical (unpaired) electrons.